The second-order valence-corrected chi connectivity index (χ2v) is 6.93. The van der Waals surface area contributed by atoms with E-state index in [0.29, 0.717) is 12.0 Å². The Morgan fingerprint density at radius 2 is 2.05 bits per heavy atom. The van der Waals surface area contributed by atoms with Gasteiger partial charge in [0.2, 0.25) is 0 Å². The van der Waals surface area contributed by atoms with Gasteiger partial charge >= 0.3 is 5.97 Å². The highest BCUT2D eigenvalue weighted by atomic mass is 16.4. The maximum absolute atomic E-state index is 11.9. The van der Waals surface area contributed by atoms with Crippen LogP contribution < -0.4 is 5.32 Å². The van der Waals surface area contributed by atoms with Crippen LogP contribution in [-0.4, -0.2) is 46.7 Å². The summed E-state index contributed by atoms with van der Waals surface area (Å²) in [4.78, 5) is 14.4. The molecule has 3 aliphatic carbocycles. The average molecular weight is 280 g/mol. The molecule has 0 aromatic rings. The Morgan fingerprint density at radius 3 is 2.60 bits per heavy atom. The molecule has 3 aliphatic rings. The van der Waals surface area contributed by atoms with Gasteiger partial charge in [0.1, 0.15) is 5.54 Å². The molecule has 0 radical (unpaired) electrons. The zero-order valence-electron chi connectivity index (χ0n) is 12.6. The minimum atomic E-state index is -0.621. The van der Waals surface area contributed by atoms with Crippen LogP contribution in [0.25, 0.3) is 0 Å². The van der Waals surface area contributed by atoms with Crippen molar-refractivity contribution in [3.8, 4) is 0 Å². The predicted octanol–water partition coefficient (Wildman–Crippen LogP) is 2.24. The maximum atomic E-state index is 11.9. The molecule has 0 aromatic heterocycles. The molecule has 0 aliphatic heterocycles. The van der Waals surface area contributed by atoms with Gasteiger partial charge in [0.05, 0.1) is 0 Å². The standard InChI is InChI=1S/C16H28N2O2/c1-2-18(14-7-8-14)11-9-12-4-3-10-16(12,15(19)20)17-13-5-6-13/h12-14,17H,2-11H2,1H3,(H,19,20). The summed E-state index contributed by atoms with van der Waals surface area (Å²) in [6.07, 6.45) is 8.98. The van der Waals surface area contributed by atoms with Gasteiger partial charge in [-0.05, 0) is 64.0 Å². The fourth-order valence-electron chi connectivity index (χ4n) is 3.95. The van der Waals surface area contributed by atoms with Crippen LogP contribution in [-0.2, 0) is 4.79 Å². The highest BCUT2D eigenvalue weighted by molar-refractivity contribution is 5.80. The number of aliphatic carboxylic acids is 1. The first-order chi connectivity index (χ1) is 9.65. The summed E-state index contributed by atoms with van der Waals surface area (Å²) in [5, 5.41) is 13.3. The summed E-state index contributed by atoms with van der Waals surface area (Å²) in [6.45, 7) is 4.40. The van der Waals surface area contributed by atoms with E-state index >= 15 is 0 Å². The van der Waals surface area contributed by atoms with Gasteiger partial charge in [0.25, 0.3) is 0 Å². The van der Waals surface area contributed by atoms with Crippen LogP contribution in [0.2, 0.25) is 0 Å². The molecule has 0 amide bonds. The van der Waals surface area contributed by atoms with E-state index in [2.05, 4.69) is 17.1 Å². The number of carboxylic acid groups (broad SMARTS) is 1. The van der Waals surface area contributed by atoms with Crippen LogP contribution in [0.15, 0.2) is 0 Å². The first-order valence-electron chi connectivity index (χ1n) is 8.41. The number of carbonyl (C=O) groups is 1. The molecule has 20 heavy (non-hydrogen) atoms. The molecule has 3 saturated carbocycles. The lowest BCUT2D eigenvalue weighted by molar-refractivity contribution is -0.147. The van der Waals surface area contributed by atoms with Crippen LogP contribution in [0.5, 0.6) is 0 Å². The third-order valence-corrected chi connectivity index (χ3v) is 5.48. The molecule has 2 N–H and O–H groups in total. The fraction of sp³-hybridized carbons (Fsp3) is 0.938. The van der Waals surface area contributed by atoms with Gasteiger partial charge < -0.3 is 10.0 Å². The monoisotopic (exact) mass is 280 g/mol. The lowest BCUT2D eigenvalue weighted by Crippen LogP contribution is -2.56. The topological polar surface area (TPSA) is 52.6 Å². The molecule has 4 heteroatoms. The van der Waals surface area contributed by atoms with Gasteiger partial charge in [-0.2, -0.15) is 0 Å². The van der Waals surface area contributed by atoms with Crippen molar-refractivity contribution in [2.45, 2.75) is 75.9 Å². The van der Waals surface area contributed by atoms with Gasteiger partial charge in [-0.3, -0.25) is 10.1 Å². The summed E-state index contributed by atoms with van der Waals surface area (Å²) >= 11 is 0. The third kappa shape index (κ3) is 2.86. The molecule has 0 bridgehead atoms. The molecule has 114 valence electrons. The zero-order valence-corrected chi connectivity index (χ0v) is 12.6. The van der Waals surface area contributed by atoms with Gasteiger partial charge in [0.15, 0.2) is 0 Å². The van der Waals surface area contributed by atoms with Gasteiger partial charge in [-0.15, -0.1) is 0 Å². The van der Waals surface area contributed by atoms with Crippen molar-refractivity contribution >= 4 is 5.97 Å². The predicted molar refractivity (Wildman–Crippen MR) is 78.8 cm³/mol. The number of nitrogens with one attached hydrogen (secondary N) is 1. The quantitative estimate of drug-likeness (QED) is 0.716. The van der Waals surface area contributed by atoms with Gasteiger partial charge in [0, 0.05) is 12.1 Å². The Hall–Kier alpha value is -0.610. The molecule has 4 nitrogen and oxygen atoms in total. The molecule has 2 unspecified atom stereocenters. The van der Waals surface area contributed by atoms with Crippen LogP contribution in [0.1, 0.15) is 58.3 Å². The minimum absolute atomic E-state index is 0.313. The lowest BCUT2D eigenvalue weighted by atomic mass is 9.84. The highest BCUT2D eigenvalue weighted by Gasteiger charge is 2.51. The smallest absolute Gasteiger partial charge is 0.324 e. The molecule has 3 rings (SSSR count). The SMILES string of the molecule is CCN(CCC1CCCC1(NC1CC1)C(=O)O)C1CC1. The normalized spacial score (nSPS) is 33.8. The van der Waals surface area contributed by atoms with E-state index in [4.69, 9.17) is 0 Å². The van der Waals surface area contributed by atoms with Crippen molar-refractivity contribution in [2.75, 3.05) is 13.1 Å². The highest BCUT2D eigenvalue weighted by Crippen LogP contribution is 2.41. The molecule has 0 saturated heterocycles. The van der Waals surface area contributed by atoms with E-state index in [1.54, 1.807) is 0 Å². The van der Waals surface area contributed by atoms with E-state index in [9.17, 15) is 9.90 Å². The number of rotatable bonds is 8. The van der Waals surface area contributed by atoms with Gasteiger partial charge in [-0.1, -0.05) is 13.3 Å². The molecule has 0 heterocycles. The van der Waals surface area contributed by atoms with Crippen molar-refractivity contribution in [1.29, 1.82) is 0 Å². The van der Waals surface area contributed by atoms with E-state index in [1.807, 2.05) is 0 Å². The summed E-state index contributed by atoms with van der Waals surface area (Å²) in [7, 11) is 0. The van der Waals surface area contributed by atoms with Crippen molar-refractivity contribution < 1.29 is 9.90 Å². The Bertz CT molecular complexity index is 365. The maximum Gasteiger partial charge on any atom is 0.324 e. The zero-order chi connectivity index (χ0) is 14.2. The van der Waals surface area contributed by atoms with Crippen LogP contribution in [0.4, 0.5) is 0 Å². The third-order valence-electron chi connectivity index (χ3n) is 5.48. The minimum Gasteiger partial charge on any atom is -0.480 e. The number of nitrogens with zero attached hydrogens (tertiary/aromatic N) is 1. The van der Waals surface area contributed by atoms with Crippen LogP contribution >= 0.6 is 0 Å². The van der Waals surface area contributed by atoms with Crippen LogP contribution in [0, 0.1) is 5.92 Å². The van der Waals surface area contributed by atoms with Crippen molar-refractivity contribution in [2.24, 2.45) is 5.92 Å². The Balaban J connectivity index is 1.61. The first-order valence-corrected chi connectivity index (χ1v) is 8.41. The van der Waals surface area contributed by atoms with E-state index in [-0.39, 0.29) is 0 Å². The molecule has 0 aromatic carbocycles. The van der Waals surface area contributed by atoms with E-state index in [1.165, 1.54) is 12.8 Å². The van der Waals surface area contributed by atoms with Crippen LogP contribution in [0.3, 0.4) is 0 Å². The van der Waals surface area contributed by atoms with Crippen molar-refractivity contribution in [1.82, 2.24) is 10.2 Å². The van der Waals surface area contributed by atoms with Crippen molar-refractivity contribution in [3.63, 3.8) is 0 Å². The van der Waals surface area contributed by atoms with E-state index in [0.717, 1.165) is 57.7 Å². The summed E-state index contributed by atoms with van der Waals surface area (Å²) < 4.78 is 0. The Morgan fingerprint density at radius 1 is 1.30 bits per heavy atom. The summed E-state index contributed by atoms with van der Waals surface area (Å²) in [5.74, 6) is -0.297. The fourth-order valence-corrected chi connectivity index (χ4v) is 3.95. The molecular formula is C16H28N2O2. The van der Waals surface area contributed by atoms with E-state index < -0.39 is 11.5 Å². The van der Waals surface area contributed by atoms with Crippen molar-refractivity contribution in [3.05, 3.63) is 0 Å². The second-order valence-electron chi connectivity index (χ2n) is 6.93. The van der Waals surface area contributed by atoms with Gasteiger partial charge in [-0.25, -0.2) is 0 Å². The molecule has 0 spiro atoms. The molecule has 3 fully saturated rings. The largest absolute Gasteiger partial charge is 0.480 e. The molecule has 2 atom stereocenters. The number of carboxylic acids is 1. The Labute approximate surface area is 121 Å². The summed E-state index contributed by atoms with van der Waals surface area (Å²) in [6, 6.07) is 1.26. The summed E-state index contributed by atoms with van der Waals surface area (Å²) in [5.41, 5.74) is -0.621. The Kier molecular flexibility index (Phi) is 4.04. The number of hydrogen-bond acceptors (Lipinski definition) is 3. The second kappa shape index (κ2) is 5.64. The number of hydrogen-bond donors (Lipinski definition) is 2. The first kappa shape index (κ1) is 14.3. The lowest BCUT2D eigenvalue weighted by Gasteiger charge is -2.34. The average Bonchev–Trinajstić information content (AvgIpc) is 3.31. The molecular weight excluding hydrogens is 252 g/mol.